The summed E-state index contributed by atoms with van der Waals surface area (Å²) in [6.07, 6.45) is 4.04. The molecule has 0 heterocycles. The van der Waals surface area contributed by atoms with Crippen LogP contribution in [0.1, 0.15) is 11.1 Å². The minimum Gasteiger partial charge on any atom is -0.469 e. The highest BCUT2D eigenvalue weighted by Crippen LogP contribution is 2.12. The van der Waals surface area contributed by atoms with Crippen molar-refractivity contribution in [2.24, 2.45) is 0 Å². The van der Waals surface area contributed by atoms with Crippen molar-refractivity contribution < 1.29 is 9.53 Å². The van der Waals surface area contributed by atoms with E-state index in [0.717, 1.165) is 11.1 Å². The number of methoxy groups -OCH3 is 1. The predicted octanol–water partition coefficient (Wildman–Crippen LogP) is 2.65. The van der Waals surface area contributed by atoms with Crippen molar-refractivity contribution in [2.75, 3.05) is 13.0 Å². The average Bonchev–Trinajstić information content (AvgIpc) is 2.28. The minimum atomic E-state index is -0.235. The summed E-state index contributed by atoms with van der Waals surface area (Å²) in [5.74, 6) is 0.230. The van der Waals surface area contributed by atoms with Crippen molar-refractivity contribution in [3.63, 3.8) is 0 Å². The monoisotopic (exact) mass is 224 g/mol. The summed E-state index contributed by atoms with van der Waals surface area (Å²) in [7, 11) is 1.39. The first-order chi connectivity index (χ1) is 7.27. The third-order valence-electron chi connectivity index (χ3n) is 2.00. The smallest absolute Gasteiger partial charge is 0.309 e. The molecule has 0 fully saturated rings. The minimum absolute atomic E-state index is 0.235. The van der Waals surface area contributed by atoms with Crippen molar-refractivity contribution in [3.05, 3.63) is 41.5 Å². The molecule has 0 aromatic heterocycles. The van der Waals surface area contributed by atoms with Crippen molar-refractivity contribution in [1.29, 1.82) is 0 Å². The summed E-state index contributed by atoms with van der Waals surface area (Å²) < 4.78 is 4.62. The van der Waals surface area contributed by atoms with Gasteiger partial charge in [-0.1, -0.05) is 36.4 Å². The number of allylic oxidation sites excluding steroid dienone is 1. The van der Waals surface area contributed by atoms with Crippen LogP contribution >= 0.6 is 11.6 Å². The summed E-state index contributed by atoms with van der Waals surface area (Å²) in [4.78, 5) is 11.1. The Hall–Kier alpha value is -1.28. The maximum atomic E-state index is 11.1. The van der Waals surface area contributed by atoms with Crippen LogP contribution in [-0.4, -0.2) is 19.0 Å². The van der Waals surface area contributed by atoms with E-state index < -0.39 is 0 Å². The van der Waals surface area contributed by atoms with Gasteiger partial charge < -0.3 is 4.74 Å². The fourth-order valence-corrected chi connectivity index (χ4v) is 1.35. The molecule has 3 heteroatoms. The fourth-order valence-electron chi connectivity index (χ4n) is 1.26. The van der Waals surface area contributed by atoms with Crippen LogP contribution in [0, 0.1) is 0 Å². The van der Waals surface area contributed by atoms with Crippen molar-refractivity contribution in [2.45, 2.75) is 6.42 Å². The first kappa shape index (κ1) is 11.8. The van der Waals surface area contributed by atoms with Crippen LogP contribution < -0.4 is 0 Å². The Balaban J connectivity index is 2.86. The van der Waals surface area contributed by atoms with Crippen LogP contribution in [0.4, 0.5) is 0 Å². The molecule has 0 unspecified atom stereocenters. The molecule has 0 aliphatic rings. The molecule has 1 aromatic carbocycles. The molecular formula is C12H13ClO2. The molecule has 0 amide bonds. The van der Waals surface area contributed by atoms with Gasteiger partial charge in [-0.05, 0) is 11.1 Å². The van der Waals surface area contributed by atoms with Gasteiger partial charge in [0.2, 0.25) is 0 Å². The SMILES string of the molecule is COC(=O)Cc1ccccc1C=CCCl. The maximum absolute atomic E-state index is 11.1. The number of ether oxygens (including phenoxy) is 1. The van der Waals surface area contributed by atoms with Crippen molar-refractivity contribution in [3.8, 4) is 0 Å². The second kappa shape index (κ2) is 6.25. The zero-order chi connectivity index (χ0) is 11.1. The second-order valence-electron chi connectivity index (χ2n) is 3.01. The van der Waals surface area contributed by atoms with Gasteiger partial charge in [-0.25, -0.2) is 0 Å². The third-order valence-corrected chi connectivity index (χ3v) is 2.18. The number of carbonyl (C=O) groups is 1. The molecule has 80 valence electrons. The Kier molecular flexibility index (Phi) is 4.91. The van der Waals surface area contributed by atoms with Gasteiger partial charge in [0.25, 0.3) is 0 Å². The standard InChI is InChI=1S/C12H13ClO2/c1-15-12(14)9-11-6-3-2-5-10(11)7-4-8-13/h2-7H,8-9H2,1H3. The maximum Gasteiger partial charge on any atom is 0.309 e. The Morgan fingerprint density at radius 2 is 2.20 bits per heavy atom. The van der Waals surface area contributed by atoms with E-state index in [1.165, 1.54) is 7.11 Å². The van der Waals surface area contributed by atoms with Crippen LogP contribution in [0.2, 0.25) is 0 Å². The fraction of sp³-hybridized carbons (Fsp3) is 0.250. The van der Waals surface area contributed by atoms with E-state index in [-0.39, 0.29) is 5.97 Å². The van der Waals surface area contributed by atoms with E-state index in [0.29, 0.717) is 12.3 Å². The average molecular weight is 225 g/mol. The number of esters is 1. The van der Waals surface area contributed by atoms with Crippen molar-refractivity contribution >= 4 is 23.6 Å². The number of alkyl halides is 1. The van der Waals surface area contributed by atoms with Crippen LogP contribution in [0.3, 0.4) is 0 Å². The zero-order valence-corrected chi connectivity index (χ0v) is 9.33. The van der Waals surface area contributed by atoms with Gasteiger partial charge in [-0.15, -0.1) is 11.6 Å². The van der Waals surface area contributed by atoms with Crippen LogP contribution in [0.25, 0.3) is 6.08 Å². The highest BCUT2D eigenvalue weighted by Gasteiger charge is 2.05. The largest absolute Gasteiger partial charge is 0.469 e. The number of hydrogen-bond acceptors (Lipinski definition) is 2. The molecule has 0 atom stereocenters. The van der Waals surface area contributed by atoms with Gasteiger partial charge >= 0.3 is 5.97 Å². The molecule has 2 nitrogen and oxygen atoms in total. The van der Waals surface area contributed by atoms with Gasteiger partial charge in [-0.3, -0.25) is 4.79 Å². The molecule has 15 heavy (non-hydrogen) atoms. The molecular weight excluding hydrogens is 212 g/mol. The normalized spacial score (nSPS) is 10.5. The molecule has 0 radical (unpaired) electrons. The topological polar surface area (TPSA) is 26.3 Å². The Morgan fingerprint density at radius 1 is 1.47 bits per heavy atom. The molecule has 0 saturated carbocycles. The summed E-state index contributed by atoms with van der Waals surface area (Å²) in [6, 6.07) is 7.68. The lowest BCUT2D eigenvalue weighted by Crippen LogP contribution is -2.05. The number of benzene rings is 1. The van der Waals surface area contributed by atoms with E-state index in [2.05, 4.69) is 4.74 Å². The molecule has 0 aliphatic heterocycles. The summed E-state index contributed by atoms with van der Waals surface area (Å²) in [6.45, 7) is 0. The van der Waals surface area contributed by atoms with Gasteiger partial charge in [0.15, 0.2) is 0 Å². The molecule has 0 N–H and O–H groups in total. The quantitative estimate of drug-likeness (QED) is 0.581. The van der Waals surface area contributed by atoms with E-state index >= 15 is 0 Å². The number of hydrogen-bond donors (Lipinski definition) is 0. The molecule has 1 aromatic rings. The van der Waals surface area contributed by atoms with E-state index in [9.17, 15) is 4.79 Å². The molecule has 0 bridgehead atoms. The number of rotatable bonds is 4. The molecule has 0 spiro atoms. The van der Waals surface area contributed by atoms with Gasteiger partial charge in [0.1, 0.15) is 0 Å². The highest BCUT2D eigenvalue weighted by molar-refractivity contribution is 6.19. The lowest BCUT2D eigenvalue weighted by Gasteiger charge is -2.04. The second-order valence-corrected chi connectivity index (χ2v) is 3.32. The van der Waals surface area contributed by atoms with Crippen molar-refractivity contribution in [1.82, 2.24) is 0 Å². The van der Waals surface area contributed by atoms with Gasteiger partial charge in [0, 0.05) is 5.88 Å². The predicted molar refractivity (Wildman–Crippen MR) is 61.9 cm³/mol. The van der Waals surface area contributed by atoms with Crippen LogP contribution in [0.5, 0.6) is 0 Å². The first-order valence-electron chi connectivity index (χ1n) is 4.65. The number of carbonyl (C=O) groups excluding carboxylic acids is 1. The highest BCUT2D eigenvalue weighted by atomic mass is 35.5. The number of halogens is 1. The summed E-state index contributed by atoms with van der Waals surface area (Å²) in [5, 5.41) is 0. The molecule has 0 aliphatic carbocycles. The van der Waals surface area contributed by atoms with Gasteiger partial charge in [0.05, 0.1) is 13.5 Å². The van der Waals surface area contributed by atoms with E-state index in [1.54, 1.807) is 0 Å². The lowest BCUT2D eigenvalue weighted by molar-refractivity contribution is -0.139. The van der Waals surface area contributed by atoms with Crippen LogP contribution in [-0.2, 0) is 16.0 Å². The Bertz CT molecular complexity index is 358. The van der Waals surface area contributed by atoms with Crippen LogP contribution in [0.15, 0.2) is 30.3 Å². The summed E-state index contributed by atoms with van der Waals surface area (Å²) in [5.41, 5.74) is 1.95. The first-order valence-corrected chi connectivity index (χ1v) is 5.18. The Morgan fingerprint density at radius 3 is 2.87 bits per heavy atom. The molecule has 1 rings (SSSR count). The zero-order valence-electron chi connectivity index (χ0n) is 8.57. The Labute approximate surface area is 94.5 Å². The molecule has 0 saturated heterocycles. The third kappa shape index (κ3) is 3.76. The lowest BCUT2D eigenvalue weighted by atomic mass is 10.0. The van der Waals surface area contributed by atoms with E-state index in [4.69, 9.17) is 11.6 Å². The van der Waals surface area contributed by atoms with Gasteiger partial charge in [-0.2, -0.15) is 0 Å². The van der Waals surface area contributed by atoms with E-state index in [1.807, 2.05) is 36.4 Å². The summed E-state index contributed by atoms with van der Waals surface area (Å²) >= 11 is 5.56.